The van der Waals surface area contributed by atoms with Crippen molar-refractivity contribution in [3.8, 4) is 0 Å². The number of amides is 1. The molecule has 3 nitrogen and oxygen atoms in total. The largest absolute Gasteiger partial charge is 0.353 e. The predicted molar refractivity (Wildman–Crippen MR) is 74.7 cm³/mol. The van der Waals surface area contributed by atoms with Crippen LogP contribution < -0.4 is 11.1 Å². The van der Waals surface area contributed by atoms with E-state index in [0.717, 1.165) is 11.1 Å². The fourth-order valence-corrected chi connectivity index (χ4v) is 2.66. The second-order valence-corrected chi connectivity index (χ2v) is 4.82. The second kappa shape index (κ2) is 4.86. The molecule has 2 atom stereocenters. The number of benzene rings is 2. The predicted octanol–water partition coefficient (Wildman–Crippen LogP) is 1.95. The van der Waals surface area contributed by atoms with Crippen LogP contribution in [0.25, 0.3) is 0 Å². The van der Waals surface area contributed by atoms with Crippen molar-refractivity contribution in [3.63, 3.8) is 0 Å². The summed E-state index contributed by atoms with van der Waals surface area (Å²) in [6.07, 6.45) is 0. The lowest BCUT2D eigenvalue weighted by Crippen LogP contribution is -2.33. The number of nitrogens with two attached hydrogens (primary N) is 1. The van der Waals surface area contributed by atoms with Crippen molar-refractivity contribution in [3.05, 3.63) is 71.3 Å². The highest BCUT2D eigenvalue weighted by Gasteiger charge is 2.28. The van der Waals surface area contributed by atoms with Crippen molar-refractivity contribution in [1.29, 1.82) is 0 Å². The Labute approximate surface area is 112 Å². The molecule has 96 valence electrons. The summed E-state index contributed by atoms with van der Waals surface area (Å²) in [6.45, 7) is 0.591. The van der Waals surface area contributed by atoms with Crippen LogP contribution in [0.5, 0.6) is 0 Å². The highest BCUT2D eigenvalue weighted by molar-refractivity contribution is 5.84. The van der Waals surface area contributed by atoms with Crippen LogP contribution in [0.1, 0.15) is 28.7 Å². The second-order valence-electron chi connectivity index (χ2n) is 4.82. The van der Waals surface area contributed by atoms with Gasteiger partial charge in [-0.2, -0.15) is 0 Å². The fourth-order valence-electron chi connectivity index (χ4n) is 2.66. The summed E-state index contributed by atoms with van der Waals surface area (Å²) in [5, 5.41) is 2.93. The molecule has 0 aromatic heterocycles. The van der Waals surface area contributed by atoms with E-state index in [9.17, 15) is 4.79 Å². The smallest absolute Gasteiger partial charge is 0.241 e. The molecule has 0 saturated heterocycles. The molecule has 1 aliphatic rings. The number of fused-ring (bicyclic) bond motifs is 1. The maximum atomic E-state index is 11.9. The Bertz CT molecular complexity index is 595. The zero-order valence-corrected chi connectivity index (χ0v) is 10.5. The van der Waals surface area contributed by atoms with E-state index in [1.165, 1.54) is 5.56 Å². The Hall–Kier alpha value is -2.13. The lowest BCUT2D eigenvalue weighted by molar-refractivity contribution is -0.122. The first kappa shape index (κ1) is 11.9. The van der Waals surface area contributed by atoms with Gasteiger partial charge in [-0.05, 0) is 16.7 Å². The molecule has 2 unspecified atom stereocenters. The Kier molecular flexibility index (Phi) is 3.05. The summed E-state index contributed by atoms with van der Waals surface area (Å²) < 4.78 is 0. The molecule has 0 saturated carbocycles. The van der Waals surface area contributed by atoms with Crippen LogP contribution in [-0.2, 0) is 4.79 Å². The average Bonchev–Trinajstić information content (AvgIpc) is 2.59. The molecule has 0 fully saturated rings. The van der Waals surface area contributed by atoms with Gasteiger partial charge in [-0.15, -0.1) is 0 Å². The van der Waals surface area contributed by atoms with E-state index in [-0.39, 0.29) is 11.8 Å². The molecule has 3 heteroatoms. The minimum atomic E-state index is -0.579. The first-order valence-corrected chi connectivity index (χ1v) is 6.44. The van der Waals surface area contributed by atoms with Gasteiger partial charge in [0.05, 0.1) is 0 Å². The van der Waals surface area contributed by atoms with Gasteiger partial charge in [-0.25, -0.2) is 0 Å². The van der Waals surface area contributed by atoms with E-state index in [2.05, 4.69) is 23.5 Å². The van der Waals surface area contributed by atoms with E-state index < -0.39 is 6.04 Å². The van der Waals surface area contributed by atoms with Crippen LogP contribution in [0.4, 0.5) is 0 Å². The molecule has 0 spiro atoms. The van der Waals surface area contributed by atoms with Crippen molar-refractivity contribution in [1.82, 2.24) is 5.32 Å². The van der Waals surface area contributed by atoms with Crippen molar-refractivity contribution in [2.75, 3.05) is 6.54 Å². The zero-order valence-electron chi connectivity index (χ0n) is 10.5. The Morgan fingerprint density at radius 3 is 2.32 bits per heavy atom. The van der Waals surface area contributed by atoms with E-state index in [1.807, 2.05) is 36.4 Å². The van der Waals surface area contributed by atoms with E-state index in [1.54, 1.807) is 0 Å². The molecule has 0 radical (unpaired) electrons. The molecule has 3 rings (SSSR count). The third-order valence-electron chi connectivity index (χ3n) is 3.67. The third-order valence-corrected chi connectivity index (χ3v) is 3.67. The van der Waals surface area contributed by atoms with E-state index in [0.29, 0.717) is 6.54 Å². The Morgan fingerprint density at radius 1 is 0.947 bits per heavy atom. The summed E-state index contributed by atoms with van der Waals surface area (Å²) >= 11 is 0. The van der Waals surface area contributed by atoms with Crippen LogP contribution in [0.3, 0.4) is 0 Å². The molecule has 2 aromatic carbocycles. The van der Waals surface area contributed by atoms with E-state index in [4.69, 9.17) is 5.73 Å². The first-order valence-electron chi connectivity index (χ1n) is 6.44. The highest BCUT2D eigenvalue weighted by atomic mass is 16.2. The van der Waals surface area contributed by atoms with Gasteiger partial charge >= 0.3 is 0 Å². The topological polar surface area (TPSA) is 55.1 Å². The van der Waals surface area contributed by atoms with Crippen LogP contribution in [0.15, 0.2) is 54.6 Å². The molecule has 3 N–H and O–H groups in total. The molecular weight excluding hydrogens is 236 g/mol. The zero-order chi connectivity index (χ0) is 13.2. The number of hydrogen-bond donors (Lipinski definition) is 2. The first-order chi connectivity index (χ1) is 9.27. The molecule has 0 bridgehead atoms. The molecule has 2 aromatic rings. The number of rotatable bonds is 1. The van der Waals surface area contributed by atoms with Crippen LogP contribution in [-0.4, -0.2) is 12.5 Å². The minimum absolute atomic E-state index is 0.106. The molecule has 1 amide bonds. The fraction of sp³-hybridized carbons (Fsp3) is 0.188. The third kappa shape index (κ3) is 2.13. The van der Waals surface area contributed by atoms with Crippen molar-refractivity contribution in [2.24, 2.45) is 5.73 Å². The van der Waals surface area contributed by atoms with Crippen molar-refractivity contribution >= 4 is 5.91 Å². The standard InChI is InChI=1S/C16H16N2O/c17-15-13-9-5-4-8-12(13)14(10-18-16(15)19)11-6-2-1-3-7-11/h1-9,14-15H,10,17H2,(H,18,19). The Balaban J connectivity index is 2.12. The SMILES string of the molecule is NC1C(=O)NCC(c2ccccc2)c2ccccc21. The van der Waals surface area contributed by atoms with Crippen molar-refractivity contribution in [2.45, 2.75) is 12.0 Å². The van der Waals surface area contributed by atoms with Gasteiger partial charge < -0.3 is 11.1 Å². The number of hydrogen-bond acceptors (Lipinski definition) is 2. The number of carbonyl (C=O) groups is 1. The Morgan fingerprint density at radius 2 is 1.58 bits per heavy atom. The van der Waals surface area contributed by atoms with Gasteiger partial charge in [0.1, 0.15) is 6.04 Å². The highest BCUT2D eigenvalue weighted by Crippen LogP contribution is 2.31. The van der Waals surface area contributed by atoms with Gasteiger partial charge in [0.2, 0.25) is 5.91 Å². The number of nitrogens with one attached hydrogen (secondary N) is 1. The lowest BCUT2D eigenvalue weighted by atomic mass is 9.87. The summed E-state index contributed by atoms with van der Waals surface area (Å²) in [6, 6.07) is 17.6. The van der Waals surface area contributed by atoms with Gasteiger partial charge in [0, 0.05) is 12.5 Å². The van der Waals surface area contributed by atoms with Gasteiger partial charge in [0.15, 0.2) is 0 Å². The molecule has 0 aliphatic carbocycles. The maximum Gasteiger partial charge on any atom is 0.241 e. The van der Waals surface area contributed by atoms with Crippen LogP contribution in [0, 0.1) is 0 Å². The van der Waals surface area contributed by atoms with Gasteiger partial charge in [-0.3, -0.25) is 4.79 Å². The van der Waals surface area contributed by atoms with Gasteiger partial charge in [0.25, 0.3) is 0 Å². The van der Waals surface area contributed by atoms with Crippen molar-refractivity contribution < 1.29 is 4.79 Å². The average molecular weight is 252 g/mol. The molecule has 1 aliphatic heterocycles. The normalized spacial score (nSPS) is 22.3. The van der Waals surface area contributed by atoms with E-state index >= 15 is 0 Å². The minimum Gasteiger partial charge on any atom is -0.353 e. The molecule has 19 heavy (non-hydrogen) atoms. The lowest BCUT2D eigenvalue weighted by Gasteiger charge is -2.18. The van der Waals surface area contributed by atoms with Crippen LogP contribution in [0.2, 0.25) is 0 Å². The maximum absolute atomic E-state index is 11.9. The van der Waals surface area contributed by atoms with Gasteiger partial charge in [-0.1, -0.05) is 54.6 Å². The molecular formula is C16H16N2O. The molecule has 1 heterocycles. The number of carbonyl (C=O) groups excluding carboxylic acids is 1. The summed E-state index contributed by atoms with van der Waals surface area (Å²) in [7, 11) is 0. The quantitative estimate of drug-likeness (QED) is 0.815. The summed E-state index contributed by atoms with van der Waals surface area (Å²) in [4.78, 5) is 11.9. The summed E-state index contributed by atoms with van der Waals surface area (Å²) in [5.74, 6) is 0.0563. The summed E-state index contributed by atoms with van der Waals surface area (Å²) in [5.41, 5.74) is 9.28. The monoisotopic (exact) mass is 252 g/mol. The van der Waals surface area contributed by atoms with Crippen LogP contribution >= 0.6 is 0 Å².